The fraction of sp³-hybridized carbons (Fsp3) is 0.545. The van der Waals surface area contributed by atoms with E-state index in [0.29, 0.717) is 18.9 Å². The Balaban J connectivity index is 2.45. The predicted molar refractivity (Wildman–Crippen MR) is 60.2 cm³/mol. The molecular formula is C11H16N2O4. The third kappa shape index (κ3) is 4.36. The Morgan fingerprint density at radius 3 is 2.59 bits per heavy atom. The van der Waals surface area contributed by atoms with E-state index >= 15 is 0 Å². The molecule has 1 aromatic heterocycles. The Kier molecular flexibility index (Phi) is 4.39. The first-order valence-electron chi connectivity index (χ1n) is 5.18. The smallest absolute Gasteiger partial charge is 0.356 e. The van der Waals surface area contributed by atoms with E-state index in [-0.39, 0.29) is 11.3 Å². The molecule has 6 heteroatoms. The Morgan fingerprint density at radius 2 is 2.12 bits per heavy atom. The molecule has 0 aliphatic rings. The van der Waals surface area contributed by atoms with Gasteiger partial charge in [-0.2, -0.15) is 0 Å². The molecule has 0 aromatic carbocycles. The van der Waals surface area contributed by atoms with Crippen molar-refractivity contribution in [1.82, 2.24) is 9.97 Å². The molecule has 0 aliphatic carbocycles. The topological polar surface area (TPSA) is 81.5 Å². The van der Waals surface area contributed by atoms with E-state index in [1.807, 2.05) is 13.8 Å². The maximum absolute atomic E-state index is 10.5. The summed E-state index contributed by atoms with van der Waals surface area (Å²) >= 11 is 0. The fourth-order valence-electron chi connectivity index (χ4n) is 1.00. The van der Waals surface area contributed by atoms with Crippen LogP contribution in [0.4, 0.5) is 0 Å². The Bertz CT molecular complexity index is 376. The highest BCUT2D eigenvalue weighted by atomic mass is 16.5. The van der Waals surface area contributed by atoms with E-state index < -0.39 is 5.97 Å². The zero-order chi connectivity index (χ0) is 12.9. The maximum atomic E-state index is 10.5. The molecule has 1 aromatic rings. The third-order valence-corrected chi connectivity index (χ3v) is 2.35. The molecule has 1 rings (SSSR count). The predicted octanol–water partition coefficient (Wildman–Crippen LogP) is 1.37. The van der Waals surface area contributed by atoms with E-state index in [1.165, 1.54) is 12.4 Å². The van der Waals surface area contributed by atoms with Gasteiger partial charge >= 0.3 is 5.97 Å². The van der Waals surface area contributed by atoms with Crippen LogP contribution in [0, 0.1) is 0 Å². The number of ether oxygens (including phenoxy) is 2. The molecule has 0 saturated carbocycles. The average Bonchev–Trinajstić information content (AvgIpc) is 2.29. The maximum Gasteiger partial charge on any atom is 0.356 e. The van der Waals surface area contributed by atoms with Crippen LogP contribution in [0.2, 0.25) is 0 Å². The summed E-state index contributed by atoms with van der Waals surface area (Å²) in [6, 6.07) is 0. The van der Waals surface area contributed by atoms with Crippen LogP contribution < -0.4 is 4.74 Å². The van der Waals surface area contributed by atoms with E-state index in [9.17, 15) is 4.79 Å². The Labute approximate surface area is 99.6 Å². The largest absolute Gasteiger partial charge is 0.476 e. The lowest BCUT2D eigenvalue weighted by Crippen LogP contribution is -2.25. The lowest BCUT2D eigenvalue weighted by atomic mass is 10.1. The standard InChI is InChI=1S/C11H16N2O4/c1-11(2,16-3)4-5-17-9-7-12-8(6-13-9)10(14)15/h6-7H,4-5H2,1-3H3,(H,14,15). The summed E-state index contributed by atoms with van der Waals surface area (Å²) < 4.78 is 10.6. The summed E-state index contributed by atoms with van der Waals surface area (Å²) in [5.74, 6) is -0.800. The highest BCUT2D eigenvalue weighted by Gasteiger charge is 2.16. The van der Waals surface area contributed by atoms with Crippen molar-refractivity contribution in [3.05, 3.63) is 18.1 Å². The molecule has 0 radical (unpaired) electrons. The van der Waals surface area contributed by atoms with Gasteiger partial charge in [-0.15, -0.1) is 0 Å². The number of carboxylic acid groups (broad SMARTS) is 1. The minimum atomic E-state index is -1.11. The first-order valence-corrected chi connectivity index (χ1v) is 5.18. The monoisotopic (exact) mass is 240 g/mol. The zero-order valence-electron chi connectivity index (χ0n) is 10.1. The van der Waals surface area contributed by atoms with Crippen molar-refractivity contribution in [2.45, 2.75) is 25.9 Å². The second-order valence-electron chi connectivity index (χ2n) is 4.11. The second kappa shape index (κ2) is 5.58. The molecular weight excluding hydrogens is 224 g/mol. The van der Waals surface area contributed by atoms with Crippen molar-refractivity contribution in [1.29, 1.82) is 0 Å². The van der Waals surface area contributed by atoms with Gasteiger partial charge in [-0.25, -0.2) is 14.8 Å². The van der Waals surface area contributed by atoms with Crippen molar-refractivity contribution in [3.63, 3.8) is 0 Å². The summed E-state index contributed by atoms with van der Waals surface area (Å²) in [6.07, 6.45) is 3.16. The summed E-state index contributed by atoms with van der Waals surface area (Å²) in [5, 5.41) is 8.63. The van der Waals surface area contributed by atoms with Crippen molar-refractivity contribution < 1.29 is 19.4 Å². The molecule has 94 valence electrons. The van der Waals surface area contributed by atoms with Gasteiger partial charge in [-0.3, -0.25) is 0 Å². The molecule has 0 fully saturated rings. The summed E-state index contributed by atoms with van der Waals surface area (Å²) in [4.78, 5) is 18.1. The SMILES string of the molecule is COC(C)(C)CCOc1cnc(C(=O)O)cn1. The van der Waals surface area contributed by atoms with Crippen LogP contribution in [0.5, 0.6) is 5.88 Å². The molecule has 0 spiro atoms. The van der Waals surface area contributed by atoms with Crippen LogP contribution in [0.1, 0.15) is 30.8 Å². The molecule has 0 amide bonds. The van der Waals surface area contributed by atoms with Crippen molar-refractivity contribution in [2.75, 3.05) is 13.7 Å². The van der Waals surface area contributed by atoms with E-state index in [4.69, 9.17) is 14.6 Å². The van der Waals surface area contributed by atoms with E-state index in [1.54, 1.807) is 7.11 Å². The number of carboxylic acids is 1. The lowest BCUT2D eigenvalue weighted by Gasteiger charge is -2.22. The average molecular weight is 240 g/mol. The molecule has 1 N–H and O–H groups in total. The first kappa shape index (κ1) is 13.4. The van der Waals surface area contributed by atoms with Gasteiger partial charge in [0.05, 0.1) is 24.6 Å². The molecule has 0 aliphatic heterocycles. The van der Waals surface area contributed by atoms with Gasteiger partial charge in [0.15, 0.2) is 5.69 Å². The number of hydrogen-bond donors (Lipinski definition) is 1. The van der Waals surface area contributed by atoms with Crippen LogP contribution in [-0.2, 0) is 4.74 Å². The highest BCUT2D eigenvalue weighted by Crippen LogP contribution is 2.13. The zero-order valence-corrected chi connectivity index (χ0v) is 10.1. The first-order chi connectivity index (χ1) is 7.94. The van der Waals surface area contributed by atoms with Gasteiger partial charge in [0.1, 0.15) is 0 Å². The lowest BCUT2D eigenvalue weighted by molar-refractivity contribution is 0.00505. The van der Waals surface area contributed by atoms with Crippen LogP contribution in [0.15, 0.2) is 12.4 Å². The van der Waals surface area contributed by atoms with Crippen molar-refractivity contribution in [3.8, 4) is 5.88 Å². The normalized spacial score (nSPS) is 11.2. The van der Waals surface area contributed by atoms with Crippen molar-refractivity contribution in [2.24, 2.45) is 0 Å². The molecule has 0 unspecified atom stereocenters. The van der Waals surface area contributed by atoms with Gasteiger partial charge < -0.3 is 14.6 Å². The minimum Gasteiger partial charge on any atom is -0.476 e. The van der Waals surface area contributed by atoms with Gasteiger partial charge in [-0.05, 0) is 13.8 Å². The summed E-state index contributed by atoms with van der Waals surface area (Å²) in [6.45, 7) is 4.34. The number of aromatic nitrogens is 2. The number of carbonyl (C=O) groups is 1. The molecule has 0 saturated heterocycles. The van der Waals surface area contributed by atoms with Gasteiger partial charge in [0.25, 0.3) is 0 Å². The van der Waals surface area contributed by atoms with E-state index in [0.717, 1.165) is 0 Å². The van der Waals surface area contributed by atoms with Crippen molar-refractivity contribution >= 4 is 5.97 Å². The molecule has 6 nitrogen and oxygen atoms in total. The minimum absolute atomic E-state index is 0.102. The molecule has 1 heterocycles. The van der Waals surface area contributed by atoms with Crippen LogP contribution >= 0.6 is 0 Å². The number of rotatable bonds is 6. The molecule has 17 heavy (non-hydrogen) atoms. The van der Waals surface area contributed by atoms with Crippen LogP contribution in [0.3, 0.4) is 0 Å². The molecule has 0 atom stereocenters. The summed E-state index contributed by atoms with van der Waals surface area (Å²) in [5.41, 5.74) is -0.358. The number of nitrogens with zero attached hydrogens (tertiary/aromatic N) is 2. The molecule has 0 bridgehead atoms. The number of methoxy groups -OCH3 is 1. The van der Waals surface area contributed by atoms with E-state index in [2.05, 4.69) is 9.97 Å². The summed E-state index contributed by atoms with van der Waals surface area (Å²) in [7, 11) is 1.64. The number of hydrogen-bond acceptors (Lipinski definition) is 5. The fourth-order valence-corrected chi connectivity index (χ4v) is 1.00. The Hall–Kier alpha value is -1.69. The highest BCUT2D eigenvalue weighted by molar-refractivity contribution is 5.84. The Morgan fingerprint density at radius 1 is 1.41 bits per heavy atom. The van der Waals surface area contributed by atoms with Gasteiger partial charge in [-0.1, -0.05) is 0 Å². The second-order valence-corrected chi connectivity index (χ2v) is 4.11. The third-order valence-electron chi connectivity index (χ3n) is 2.35. The van der Waals surface area contributed by atoms with Crippen LogP contribution in [0.25, 0.3) is 0 Å². The van der Waals surface area contributed by atoms with Gasteiger partial charge in [0, 0.05) is 13.5 Å². The van der Waals surface area contributed by atoms with Crippen LogP contribution in [-0.4, -0.2) is 40.4 Å². The number of aromatic carboxylic acids is 1. The van der Waals surface area contributed by atoms with Gasteiger partial charge in [0.2, 0.25) is 5.88 Å². The quantitative estimate of drug-likeness (QED) is 0.808.